The summed E-state index contributed by atoms with van der Waals surface area (Å²) in [4.78, 5) is 11.7. The van der Waals surface area contributed by atoms with Crippen molar-refractivity contribution in [3.8, 4) is 11.8 Å². The fraction of sp³-hybridized carbons (Fsp3) is 0.286. The molecule has 0 bridgehead atoms. The second-order valence-electron chi connectivity index (χ2n) is 4.25. The number of nitrogens with zero attached hydrogens (tertiary/aromatic N) is 1. The number of ether oxygens (including phenoxy) is 1. The largest absolute Gasteiger partial charge is 0.435 e. The number of halogens is 2. The van der Waals surface area contributed by atoms with Gasteiger partial charge in [0.2, 0.25) is 0 Å². The number of carbonyl (C=O) groups excluding carboxylic acids is 1. The first kappa shape index (κ1) is 15.6. The summed E-state index contributed by atoms with van der Waals surface area (Å²) in [5.41, 5.74) is 0.489. The van der Waals surface area contributed by atoms with E-state index < -0.39 is 12.5 Å². The Bertz CT molecular complexity index is 531. The zero-order chi connectivity index (χ0) is 15.1. The lowest BCUT2D eigenvalue weighted by Gasteiger charge is -2.07. The average Bonchev–Trinajstić information content (AvgIpc) is 2.36. The van der Waals surface area contributed by atoms with Crippen molar-refractivity contribution in [1.29, 1.82) is 5.26 Å². The van der Waals surface area contributed by atoms with Crippen LogP contribution in [0, 0.1) is 11.3 Å². The molecule has 4 nitrogen and oxygen atoms in total. The maximum absolute atomic E-state index is 12.0. The molecule has 106 valence electrons. The fourth-order valence-electron chi connectivity index (χ4n) is 1.40. The minimum Gasteiger partial charge on any atom is -0.435 e. The summed E-state index contributed by atoms with van der Waals surface area (Å²) >= 11 is 0. The third-order valence-electron chi connectivity index (χ3n) is 2.20. The normalized spacial score (nSPS) is 11.3. The molecule has 20 heavy (non-hydrogen) atoms. The van der Waals surface area contributed by atoms with Crippen LogP contribution in [-0.2, 0) is 4.79 Å². The topological polar surface area (TPSA) is 62.1 Å². The van der Waals surface area contributed by atoms with Crippen molar-refractivity contribution in [2.24, 2.45) is 0 Å². The monoisotopic (exact) mass is 280 g/mol. The van der Waals surface area contributed by atoms with Crippen molar-refractivity contribution in [2.75, 3.05) is 0 Å². The van der Waals surface area contributed by atoms with Crippen molar-refractivity contribution >= 4 is 12.0 Å². The standard InChI is InChI=1S/C14H14F2N2O2/c1-9(2)18-13(19)11(8-17)7-10-3-5-12(6-4-10)20-14(15)16/h3-7,9,14H,1-2H3,(H,18,19)/b11-7+. The number of nitrogens with one attached hydrogen (secondary N) is 1. The van der Waals surface area contributed by atoms with Crippen LogP contribution in [0.3, 0.4) is 0 Å². The Morgan fingerprint density at radius 1 is 1.35 bits per heavy atom. The summed E-state index contributed by atoms with van der Waals surface area (Å²) in [6.07, 6.45) is 1.38. The van der Waals surface area contributed by atoms with E-state index in [1.54, 1.807) is 19.9 Å². The van der Waals surface area contributed by atoms with E-state index in [-0.39, 0.29) is 17.4 Å². The predicted octanol–water partition coefficient (Wildman–Crippen LogP) is 2.72. The van der Waals surface area contributed by atoms with E-state index in [1.165, 1.54) is 30.3 Å². The third kappa shape index (κ3) is 5.06. The van der Waals surface area contributed by atoms with Crippen molar-refractivity contribution in [3.05, 3.63) is 35.4 Å². The Balaban J connectivity index is 2.86. The van der Waals surface area contributed by atoms with Gasteiger partial charge in [0, 0.05) is 6.04 Å². The molecule has 0 spiro atoms. The van der Waals surface area contributed by atoms with Gasteiger partial charge in [-0.2, -0.15) is 14.0 Å². The quantitative estimate of drug-likeness (QED) is 0.666. The lowest BCUT2D eigenvalue weighted by molar-refractivity contribution is -0.117. The first-order chi connectivity index (χ1) is 9.42. The number of amides is 1. The highest BCUT2D eigenvalue weighted by atomic mass is 19.3. The van der Waals surface area contributed by atoms with Crippen molar-refractivity contribution in [3.63, 3.8) is 0 Å². The Hall–Kier alpha value is -2.42. The van der Waals surface area contributed by atoms with Crippen LogP contribution in [0.2, 0.25) is 0 Å². The summed E-state index contributed by atoms with van der Waals surface area (Å²) in [5.74, 6) is -0.460. The van der Waals surface area contributed by atoms with Gasteiger partial charge in [0.05, 0.1) is 0 Å². The van der Waals surface area contributed by atoms with Gasteiger partial charge in [-0.3, -0.25) is 4.79 Å². The molecule has 6 heteroatoms. The molecule has 1 aromatic rings. The fourth-order valence-corrected chi connectivity index (χ4v) is 1.40. The molecule has 0 aliphatic rings. The van der Waals surface area contributed by atoms with Crippen molar-refractivity contribution in [1.82, 2.24) is 5.32 Å². The Morgan fingerprint density at radius 2 is 1.95 bits per heavy atom. The summed E-state index contributed by atoms with van der Waals surface area (Å²) < 4.78 is 28.2. The first-order valence-electron chi connectivity index (χ1n) is 5.90. The third-order valence-corrected chi connectivity index (χ3v) is 2.20. The second-order valence-corrected chi connectivity index (χ2v) is 4.25. The van der Waals surface area contributed by atoms with E-state index in [0.717, 1.165) is 0 Å². The molecule has 0 heterocycles. The summed E-state index contributed by atoms with van der Waals surface area (Å²) in [6, 6.07) is 7.37. The molecular weight excluding hydrogens is 266 g/mol. The van der Waals surface area contributed by atoms with Gasteiger partial charge in [0.15, 0.2) is 0 Å². The number of benzene rings is 1. The van der Waals surface area contributed by atoms with Gasteiger partial charge in [-0.05, 0) is 37.6 Å². The molecule has 0 aromatic heterocycles. The molecule has 1 rings (SSSR count). The van der Waals surface area contributed by atoms with Gasteiger partial charge >= 0.3 is 6.61 Å². The zero-order valence-corrected chi connectivity index (χ0v) is 11.1. The van der Waals surface area contributed by atoms with Crippen LogP contribution in [0.15, 0.2) is 29.8 Å². The molecule has 1 N–H and O–H groups in total. The Labute approximate surface area is 115 Å². The molecule has 0 saturated heterocycles. The molecule has 0 atom stereocenters. The number of nitriles is 1. The molecule has 0 aliphatic carbocycles. The van der Waals surface area contributed by atoms with Crippen molar-refractivity contribution in [2.45, 2.75) is 26.5 Å². The summed E-state index contributed by atoms with van der Waals surface area (Å²) in [5, 5.41) is 11.5. The maximum atomic E-state index is 12.0. The van der Waals surface area contributed by atoms with Crippen LogP contribution in [0.1, 0.15) is 19.4 Å². The average molecular weight is 280 g/mol. The molecule has 0 unspecified atom stereocenters. The van der Waals surface area contributed by atoms with Gasteiger partial charge in [-0.1, -0.05) is 12.1 Å². The minimum absolute atomic E-state index is 0.0160. The first-order valence-corrected chi connectivity index (χ1v) is 5.90. The SMILES string of the molecule is CC(C)NC(=O)/C(C#N)=C/c1ccc(OC(F)F)cc1. The number of alkyl halides is 2. The molecule has 1 amide bonds. The van der Waals surface area contributed by atoms with Crippen LogP contribution < -0.4 is 10.1 Å². The molecule has 0 saturated carbocycles. The molecular formula is C14H14F2N2O2. The van der Waals surface area contributed by atoms with Crippen molar-refractivity contribution < 1.29 is 18.3 Å². The molecule has 0 fully saturated rings. The lowest BCUT2D eigenvalue weighted by atomic mass is 10.1. The van der Waals surface area contributed by atoms with Crippen LogP contribution >= 0.6 is 0 Å². The van der Waals surface area contributed by atoms with E-state index in [2.05, 4.69) is 10.1 Å². The van der Waals surface area contributed by atoms with Gasteiger partial charge < -0.3 is 10.1 Å². The predicted molar refractivity (Wildman–Crippen MR) is 69.9 cm³/mol. The van der Waals surface area contributed by atoms with E-state index in [0.29, 0.717) is 5.56 Å². The molecule has 0 aliphatic heterocycles. The van der Waals surface area contributed by atoms with Crippen LogP contribution in [-0.4, -0.2) is 18.6 Å². The second kappa shape index (κ2) is 7.24. The van der Waals surface area contributed by atoms with E-state index >= 15 is 0 Å². The number of carbonyl (C=O) groups is 1. The number of hydrogen-bond acceptors (Lipinski definition) is 3. The molecule has 0 radical (unpaired) electrons. The van der Waals surface area contributed by atoms with Gasteiger partial charge in [0.1, 0.15) is 17.4 Å². The Morgan fingerprint density at radius 3 is 2.40 bits per heavy atom. The summed E-state index contributed by atoms with van der Waals surface area (Å²) in [7, 11) is 0. The van der Waals surface area contributed by atoms with Gasteiger partial charge in [-0.15, -0.1) is 0 Å². The van der Waals surface area contributed by atoms with Gasteiger partial charge in [-0.25, -0.2) is 0 Å². The van der Waals surface area contributed by atoms with Crippen LogP contribution in [0.5, 0.6) is 5.75 Å². The highest BCUT2D eigenvalue weighted by Gasteiger charge is 2.10. The smallest absolute Gasteiger partial charge is 0.387 e. The number of rotatable bonds is 5. The van der Waals surface area contributed by atoms with E-state index in [9.17, 15) is 13.6 Å². The van der Waals surface area contributed by atoms with Crippen LogP contribution in [0.25, 0.3) is 6.08 Å². The number of hydrogen-bond donors (Lipinski definition) is 1. The highest BCUT2D eigenvalue weighted by molar-refractivity contribution is 6.01. The van der Waals surface area contributed by atoms with Gasteiger partial charge in [0.25, 0.3) is 5.91 Å². The maximum Gasteiger partial charge on any atom is 0.387 e. The van der Waals surface area contributed by atoms with Crippen LogP contribution in [0.4, 0.5) is 8.78 Å². The van der Waals surface area contributed by atoms with E-state index in [4.69, 9.17) is 5.26 Å². The minimum atomic E-state index is -2.89. The zero-order valence-electron chi connectivity index (χ0n) is 11.1. The highest BCUT2D eigenvalue weighted by Crippen LogP contribution is 2.16. The van der Waals surface area contributed by atoms with E-state index in [1.807, 2.05) is 0 Å². The Kier molecular flexibility index (Phi) is 5.66. The summed E-state index contributed by atoms with van der Waals surface area (Å²) in [6.45, 7) is 0.676. The molecule has 1 aromatic carbocycles. The lowest BCUT2D eigenvalue weighted by Crippen LogP contribution is -2.30.